The fourth-order valence-corrected chi connectivity index (χ4v) is 3.09. The molecule has 19 heavy (non-hydrogen) atoms. The Morgan fingerprint density at radius 1 is 1.53 bits per heavy atom. The highest BCUT2D eigenvalue weighted by Crippen LogP contribution is 2.44. The van der Waals surface area contributed by atoms with Crippen LogP contribution in [0, 0.1) is 17.1 Å². The molecule has 2 atom stereocenters. The van der Waals surface area contributed by atoms with Crippen LogP contribution in [0.15, 0.2) is 24.3 Å². The average Bonchev–Trinajstić information content (AvgIpc) is 3.07. The number of aromatic nitrogens is 1. The molecule has 1 N–H and O–H groups in total. The summed E-state index contributed by atoms with van der Waals surface area (Å²) in [6.45, 7) is 0. The molecule has 1 saturated carbocycles. The van der Waals surface area contributed by atoms with Gasteiger partial charge < -0.3 is 5.32 Å². The number of hydrogen-bond acceptors (Lipinski definition) is 4. The number of benzene rings is 1. The molecule has 1 aromatic heterocycles. The lowest BCUT2D eigenvalue weighted by Crippen LogP contribution is -2.03. The van der Waals surface area contributed by atoms with Gasteiger partial charge in [0.15, 0.2) is 5.15 Å². The third-order valence-electron chi connectivity index (χ3n) is 3.15. The summed E-state index contributed by atoms with van der Waals surface area (Å²) in [7, 11) is 0. The van der Waals surface area contributed by atoms with E-state index in [-0.39, 0.29) is 22.9 Å². The van der Waals surface area contributed by atoms with Crippen LogP contribution < -0.4 is 5.32 Å². The first kappa shape index (κ1) is 12.4. The van der Waals surface area contributed by atoms with E-state index in [1.807, 2.05) is 12.1 Å². The Balaban J connectivity index is 1.73. The van der Waals surface area contributed by atoms with Crippen molar-refractivity contribution in [3.63, 3.8) is 0 Å². The lowest BCUT2D eigenvalue weighted by atomic mass is 10.1. The van der Waals surface area contributed by atoms with Crippen molar-refractivity contribution in [3.8, 4) is 6.07 Å². The average molecular weight is 294 g/mol. The zero-order valence-corrected chi connectivity index (χ0v) is 11.3. The summed E-state index contributed by atoms with van der Waals surface area (Å²) >= 11 is 6.99. The van der Waals surface area contributed by atoms with E-state index in [0.29, 0.717) is 10.6 Å². The molecular weight excluding hydrogens is 285 g/mol. The molecule has 0 aliphatic heterocycles. The van der Waals surface area contributed by atoms with Crippen LogP contribution in [0.4, 0.5) is 9.39 Å². The minimum Gasteiger partial charge on any atom is -0.371 e. The molecule has 0 unspecified atom stereocenters. The molecule has 0 amide bonds. The number of nitrogens with one attached hydrogen (secondary N) is 1. The van der Waals surface area contributed by atoms with Crippen molar-refractivity contribution in [3.05, 3.63) is 46.4 Å². The maximum atomic E-state index is 13.1. The molecule has 1 aliphatic carbocycles. The smallest absolute Gasteiger partial charge is 0.162 e. The third kappa shape index (κ3) is 2.42. The van der Waals surface area contributed by atoms with E-state index in [1.165, 1.54) is 17.6 Å². The van der Waals surface area contributed by atoms with E-state index in [2.05, 4.69) is 9.69 Å². The molecule has 96 valence electrons. The van der Waals surface area contributed by atoms with Gasteiger partial charge in [0.25, 0.3) is 0 Å². The Bertz CT molecular complexity index is 664. The van der Waals surface area contributed by atoms with Crippen molar-refractivity contribution >= 4 is 28.1 Å². The summed E-state index contributed by atoms with van der Waals surface area (Å²) in [4.78, 5) is 0. The molecule has 0 spiro atoms. The minimum absolute atomic E-state index is 0.213. The molecule has 0 radical (unpaired) electrons. The van der Waals surface area contributed by atoms with Crippen molar-refractivity contribution in [1.82, 2.24) is 4.37 Å². The lowest BCUT2D eigenvalue weighted by Gasteiger charge is -2.03. The molecule has 1 aromatic carbocycles. The van der Waals surface area contributed by atoms with Crippen LogP contribution in [0.25, 0.3) is 0 Å². The second-order valence-electron chi connectivity index (χ2n) is 4.44. The van der Waals surface area contributed by atoms with Gasteiger partial charge in [-0.1, -0.05) is 23.7 Å². The van der Waals surface area contributed by atoms with E-state index >= 15 is 0 Å². The van der Waals surface area contributed by atoms with Crippen LogP contribution in [-0.4, -0.2) is 10.4 Å². The molecular formula is C13H9ClFN3S. The highest BCUT2D eigenvalue weighted by molar-refractivity contribution is 7.10. The zero-order chi connectivity index (χ0) is 13.4. The fourth-order valence-electron chi connectivity index (χ4n) is 2.09. The molecule has 1 heterocycles. The van der Waals surface area contributed by atoms with Gasteiger partial charge in [-0.05, 0) is 35.6 Å². The molecule has 1 fully saturated rings. The predicted molar refractivity (Wildman–Crippen MR) is 73.0 cm³/mol. The van der Waals surface area contributed by atoms with Gasteiger partial charge in [0.2, 0.25) is 0 Å². The quantitative estimate of drug-likeness (QED) is 0.937. The zero-order valence-electron chi connectivity index (χ0n) is 9.73. The summed E-state index contributed by atoms with van der Waals surface area (Å²) < 4.78 is 17.1. The van der Waals surface area contributed by atoms with Crippen LogP contribution in [0.3, 0.4) is 0 Å². The molecule has 1 aliphatic rings. The number of nitriles is 1. The molecule has 6 heteroatoms. The van der Waals surface area contributed by atoms with Crippen molar-refractivity contribution in [1.29, 1.82) is 5.26 Å². The van der Waals surface area contributed by atoms with Crippen LogP contribution in [0.5, 0.6) is 0 Å². The molecule has 2 aromatic rings. The van der Waals surface area contributed by atoms with E-state index in [0.717, 1.165) is 12.0 Å². The highest BCUT2D eigenvalue weighted by atomic mass is 35.5. The van der Waals surface area contributed by atoms with Gasteiger partial charge in [-0.2, -0.15) is 9.64 Å². The summed E-state index contributed by atoms with van der Waals surface area (Å²) in [5.74, 6) is 0.0600. The van der Waals surface area contributed by atoms with Crippen molar-refractivity contribution < 1.29 is 4.39 Å². The summed E-state index contributed by atoms with van der Waals surface area (Å²) in [6.07, 6.45) is 0.920. The third-order valence-corrected chi connectivity index (χ3v) is 4.30. The molecule has 0 saturated heterocycles. The van der Waals surface area contributed by atoms with Gasteiger partial charge in [0, 0.05) is 12.0 Å². The number of hydrogen-bond donors (Lipinski definition) is 1. The Labute approximate surface area is 118 Å². The first-order valence-electron chi connectivity index (χ1n) is 5.76. The van der Waals surface area contributed by atoms with E-state index < -0.39 is 0 Å². The maximum Gasteiger partial charge on any atom is 0.162 e. The minimum atomic E-state index is -0.221. The Morgan fingerprint density at radius 2 is 2.37 bits per heavy atom. The number of rotatable bonds is 3. The van der Waals surface area contributed by atoms with Gasteiger partial charge in [-0.3, -0.25) is 0 Å². The van der Waals surface area contributed by atoms with E-state index in [4.69, 9.17) is 16.9 Å². The lowest BCUT2D eigenvalue weighted by molar-refractivity contribution is 0.625. The van der Waals surface area contributed by atoms with Crippen molar-refractivity contribution in [2.75, 3.05) is 5.32 Å². The van der Waals surface area contributed by atoms with Crippen molar-refractivity contribution in [2.24, 2.45) is 0 Å². The Hall–Kier alpha value is -1.64. The fraction of sp³-hybridized carbons (Fsp3) is 0.231. The second-order valence-corrected chi connectivity index (χ2v) is 5.57. The molecule has 3 nitrogen and oxygen atoms in total. The first-order chi connectivity index (χ1) is 9.19. The van der Waals surface area contributed by atoms with Gasteiger partial charge >= 0.3 is 0 Å². The summed E-state index contributed by atoms with van der Waals surface area (Å²) in [6, 6.07) is 8.87. The Kier molecular flexibility index (Phi) is 3.13. The maximum absolute atomic E-state index is 13.1. The summed E-state index contributed by atoms with van der Waals surface area (Å²) in [5, 5.41) is 13.2. The first-order valence-corrected chi connectivity index (χ1v) is 6.91. The second kappa shape index (κ2) is 4.80. The van der Waals surface area contributed by atoms with Gasteiger partial charge in [0.05, 0.1) is 0 Å². The topological polar surface area (TPSA) is 48.7 Å². The van der Waals surface area contributed by atoms with Gasteiger partial charge in [0.1, 0.15) is 22.5 Å². The monoisotopic (exact) mass is 293 g/mol. The normalized spacial score (nSPS) is 20.9. The summed E-state index contributed by atoms with van der Waals surface area (Å²) in [5.41, 5.74) is 1.36. The molecule has 0 bridgehead atoms. The van der Waals surface area contributed by atoms with Crippen LogP contribution in [-0.2, 0) is 0 Å². The molecule has 3 rings (SSSR count). The number of halogens is 2. The van der Waals surface area contributed by atoms with Crippen LogP contribution in [0.2, 0.25) is 5.15 Å². The van der Waals surface area contributed by atoms with E-state index in [1.54, 1.807) is 12.1 Å². The van der Waals surface area contributed by atoms with Crippen LogP contribution in [0.1, 0.15) is 23.5 Å². The Morgan fingerprint density at radius 3 is 3.11 bits per heavy atom. The SMILES string of the molecule is N#Cc1c(Cl)nsc1N[C@@H]1C[C@H]1c1cccc(F)c1. The van der Waals surface area contributed by atoms with Gasteiger partial charge in [-0.15, -0.1) is 0 Å². The standard InChI is InChI=1S/C13H9ClFN3S/c14-12-10(6-16)13(19-18-12)17-11-5-9(11)7-2-1-3-8(15)4-7/h1-4,9,11,17H,5H2/t9-,11+/m0/s1. The number of anilines is 1. The van der Waals surface area contributed by atoms with E-state index in [9.17, 15) is 4.39 Å². The number of nitrogens with zero attached hydrogens (tertiary/aromatic N) is 2. The van der Waals surface area contributed by atoms with Gasteiger partial charge in [-0.25, -0.2) is 4.39 Å². The van der Waals surface area contributed by atoms with Crippen LogP contribution >= 0.6 is 23.1 Å². The largest absolute Gasteiger partial charge is 0.371 e. The predicted octanol–water partition coefficient (Wildman–Crippen LogP) is 3.78. The van der Waals surface area contributed by atoms with Crippen molar-refractivity contribution in [2.45, 2.75) is 18.4 Å². The highest BCUT2D eigenvalue weighted by Gasteiger charge is 2.39.